The number of aromatic nitrogens is 2. The van der Waals surface area contributed by atoms with Gasteiger partial charge in [0, 0.05) is 21.9 Å². The van der Waals surface area contributed by atoms with E-state index in [0.29, 0.717) is 4.34 Å². The standard InChI is InChI=1S/C26H22ClFN4O2S/c1-14-23(30-25(33)15-2-3-15)24(21-10-11-22(27)35-21)31(26(14)34)19-8-9-20-16(12-19)13-29-32(20)18-6-4-17(28)5-7-18/h4-15,23-24H,2-3H2,1H3,(H,30,33)/t14-,23?,24+/m0/s1. The van der Waals surface area contributed by atoms with Gasteiger partial charge in [-0.2, -0.15) is 5.10 Å². The molecule has 1 aliphatic carbocycles. The molecule has 1 aliphatic heterocycles. The molecule has 3 heterocycles. The fourth-order valence-corrected chi connectivity index (χ4v) is 6.01. The van der Waals surface area contributed by atoms with Crippen LogP contribution in [-0.2, 0) is 9.59 Å². The van der Waals surface area contributed by atoms with E-state index in [2.05, 4.69) is 10.4 Å². The highest BCUT2D eigenvalue weighted by Gasteiger charge is 2.49. The third-order valence-corrected chi connectivity index (χ3v) is 8.13. The minimum Gasteiger partial charge on any atom is -0.350 e. The lowest BCUT2D eigenvalue weighted by molar-refractivity contribution is -0.123. The summed E-state index contributed by atoms with van der Waals surface area (Å²) in [6.45, 7) is 1.87. The van der Waals surface area contributed by atoms with Crippen LogP contribution in [0.15, 0.2) is 60.8 Å². The van der Waals surface area contributed by atoms with Crippen LogP contribution in [0.2, 0.25) is 4.34 Å². The van der Waals surface area contributed by atoms with Crippen LogP contribution in [0, 0.1) is 17.7 Å². The maximum atomic E-state index is 13.6. The van der Waals surface area contributed by atoms with Crippen LogP contribution in [0.5, 0.6) is 0 Å². The summed E-state index contributed by atoms with van der Waals surface area (Å²) < 4.78 is 15.7. The van der Waals surface area contributed by atoms with E-state index in [1.807, 2.05) is 37.3 Å². The van der Waals surface area contributed by atoms with Crippen LogP contribution in [0.4, 0.5) is 10.1 Å². The fraction of sp³-hybridized carbons (Fsp3) is 0.269. The Kier molecular flexibility index (Phi) is 5.38. The Balaban J connectivity index is 1.40. The molecule has 1 saturated carbocycles. The fourth-order valence-electron chi connectivity index (χ4n) is 4.81. The van der Waals surface area contributed by atoms with Gasteiger partial charge in [-0.1, -0.05) is 18.5 Å². The second kappa shape index (κ2) is 8.46. The molecule has 2 aliphatic rings. The molecule has 6 nitrogen and oxygen atoms in total. The first-order chi connectivity index (χ1) is 16.9. The van der Waals surface area contributed by atoms with Crippen LogP contribution in [0.3, 0.4) is 0 Å². The van der Waals surface area contributed by atoms with Crippen molar-refractivity contribution in [3.63, 3.8) is 0 Å². The molecule has 2 aromatic heterocycles. The molecule has 178 valence electrons. The SMILES string of the molecule is C[C@@H]1C(=O)N(c2ccc3c(cnn3-c3ccc(F)cc3)c2)[C@H](c2ccc(Cl)s2)C1NC(=O)C1CC1. The van der Waals surface area contributed by atoms with Crippen molar-refractivity contribution < 1.29 is 14.0 Å². The topological polar surface area (TPSA) is 67.2 Å². The average molecular weight is 509 g/mol. The van der Waals surface area contributed by atoms with E-state index in [4.69, 9.17) is 11.6 Å². The zero-order chi connectivity index (χ0) is 24.3. The largest absolute Gasteiger partial charge is 0.350 e. The first kappa shape index (κ1) is 22.2. The van der Waals surface area contributed by atoms with E-state index in [9.17, 15) is 14.0 Å². The molecule has 1 N–H and O–H groups in total. The normalized spacial score (nSPS) is 22.2. The molecule has 3 atom stereocenters. The van der Waals surface area contributed by atoms with E-state index in [0.717, 1.165) is 40.0 Å². The smallest absolute Gasteiger partial charge is 0.232 e. The minimum absolute atomic E-state index is 0.0141. The van der Waals surface area contributed by atoms with Gasteiger partial charge >= 0.3 is 0 Å². The van der Waals surface area contributed by atoms with Crippen molar-refractivity contribution >= 4 is 51.3 Å². The lowest BCUT2D eigenvalue weighted by Crippen LogP contribution is -2.42. The van der Waals surface area contributed by atoms with Crippen molar-refractivity contribution in [3.05, 3.63) is 75.8 Å². The number of hydrogen-bond donors (Lipinski definition) is 1. The van der Waals surface area contributed by atoms with Gasteiger partial charge in [0.05, 0.1) is 39.7 Å². The Morgan fingerprint density at radius 2 is 1.86 bits per heavy atom. The van der Waals surface area contributed by atoms with E-state index in [1.54, 1.807) is 27.9 Å². The molecule has 1 unspecified atom stereocenters. The van der Waals surface area contributed by atoms with Gasteiger partial charge < -0.3 is 10.2 Å². The van der Waals surface area contributed by atoms with Crippen molar-refractivity contribution in [2.45, 2.75) is 31.8 Å². The predicted molar refractivity (Wildman–Crippen MR) is 134 cm³/mol. The van der Waals surface area contributed by atoms with Crippen LogP contribution in [-0.4, -0.2) is 27.6 Å². The molecule has 2 amide bonds. The zero-order valence-electron chi connectivity index (χ0n) is 18.8. The quantitative estimate of drug-likeness (QED) is 0.387. The highest BCUT2D eigenvalue weighted by Crippen LogP contribution is 2.44. The number of carbonyl (C=O) groups is 2. The summed E-state index contributed by atoms with van der Waals surface area (Å²) in [5, 5.41) is 8.49. The molecule has 6 rings (SSSR count). The molecule has 2 fully saturated rings. The Bertz CT molecular complexity index is 1450. The second-order valence-electron chi connectivity index (χ2n) is 9.17. The van der Waals surface area contributed by atoms with Crippen molar-refractivity contribution in [2.75, 3.05) is 4.90 Å². The van der Waals surface area contributed by atoms with Crippen LogP contribution in [0.1, 0.15) is 30.7 Å². The van der Waals surface area contributed by atoms with E-state index >= 15 is 0 Å². The maximum Gasteiger partial charge on any atom is 0.232 e. The number of hydrogen-bond acceptors (Lipinski definition) is 4. The van der Waals surface area contributed by atoms with Gasteiger partial charge in [-0.25, -0.2) is 9.07 Å². The third-order valence-electron chi connectivity index (χ3n) is 6.83. The van der Waals surface area contributed by atoms with Gasteiger partial charge in [-0.05, 0) is 67.4 Å². The summed E-state index contributed by atoms with van der Waals surface area (Å²) >= 11 is 7.68. The minimum atomic E-state index is -0.388. The van der Waals surface area contributed by atoms with Gasteiger partial charge in [0.15, 0.2) is 0 Å². The number of rotatable bonds is 5. The number of halogens is 2. The van der Waals surface area contributed by atoms with Crippen molar-refractivity contribution in [1.29, 1.82) is 0 Å². The number of thiophene rings is 1. The second-order valence-corrected chi connectivity index (χ2v) is 10.9. The lowest BCUT2D eigenvalue weighted by Gasteiger charge is -2.28. The van der Waals surface area contributed by atoms with Crippen LogP contribution < -0.4 is 10.2 Å². The molecule has 4 aromatic rings. The monoisotopic (exact) mass is 508 g/mol. The van der Waals surface area contributed by atoms with Crippen molar-refractivity contribution in [1.82, 2.24) is 15.1 Å². The number of benzene rings is 2. The Labute approximate surface area is 210 Å². The van der Waals surface area contributed by atoms with Gasteiger partial charge in [0.25, 0.3) is 0 Å². The third kappa shape index (κ3) is 3.90. The zero-order valence-corrected chi connectivity index (χ0v) is 20.4. The molecule has 1 saturated heterocycles. The predicted octanol–water partition coefficient (Wildman–Crippen LogP) is 5.50. The summed E-state index contributed by atoms with van der Waals surface area (Å²) in [6.07, 6.45) is 3.53. The number of anilines is 1. The van der Waals surface area contributed by atoms with E-state index in [1.165, 1.54) is 23.5 Å². The Morgan fingerprint density at radius 1 is 1.11 bits per heavy atom. The average Bonchev–Trinajstić information content (AvgIpc) is 3.42. The molecule has 35 heavy (non-hydrogen) atoms. The van der Waals surface area contributed by atoms with Crippen molar-refractivity contribution in [3.8, 4) is 5.69 Å². The summed E-state index contributed by atoms with van der Waals surface area (Å²) in [6, 6.07) is 14.9. The molecule has 0 bridgehead atoms. The lowest BCUT2D eigenvalue weighted by atomic mass is 9.98. The number of carbonyl (C=O) groups excluding carboxylic acids is 2. The van der Waals surface area contributed by atoms with Gasteiger partial charge in [0.1, 0.15) is 5.82 Å². The molecule has 2 aromatic carbocycles. The first-order valence-electron chi connectivity index (χ1n) is 11.5. The van der Waals surface area contributed by atoms with Crippen LogP contribution in [0.25, 0.3) is 16.6 Å². The maximum absolute atomic E-state index is 13.6. The summed E-state index contributed by atoms with van der Waals surface area (Å²) in [5.74, 6) is -0.683. The Morgan fingerprint density at radius 3 is 2.54 bits per heavy atom. The number of nitrogens with one attached hydrogen (secondary N) is 1. The molecule has 0 radical (unpaired) electrons. The van der Waals surface area contributed by atoms with Crippen LogP contribution >= 0.6 is 22.9 Å². The molecule has 9 heteroatoms. The number of amides is 2. The van der Waals surface area contributed by atoms with E-state index in [-0.39, 0.29) is 41.6 Å². The summed E-state index contributed by atoms with van der Waals surface area (Å²) in [5.41, 5.74) is 2.31. The molecule has 0 spiro atoms. The van der Waals surface area contributed by atoms with Crippen molar-refractivity contribution in [2.24, 2.45) is 11.8 Å². The molecular weight excluding hydrogens is 487 g/mol. The van der Waals surface area contributed by atoms with E-state index < -0.39 is 0 Å². The highest BCUT2D eigenvalue weighted by molar-refractivity contribution is 7.16. The molecular formula is C26H22ClFN4O2S. The Hall–Kier alpha value is -3.23. The van der Waals surface area contributed by atoms with Gasteiger partial charge in [0.2, 0.25) is 11.8 Å². The van der Waals surface area contributed by atoms with Gasteiger partial charge in [-0.15, -0.1) is 11.3 Å². The highest BCUT2D eigenvalue weighted by atomic mass is 35.5. The number of fused-ring (bicyclic) bond motifs is 1. The number of nitrogens with zero attached hydrogens (tertiary/aromatic N) is 3. The summed E-state index contributed by atoms with van der Waals surface area (Å²) in [4.78, 5) is 28.9. The first-order valence-corrected chi connectivity index (χ1v) is 12.7. The summed E-state index contributed by atoms with van der Waals surface area (Å²) in [7, 11) is 0. The van der Waals surface area contributed by atoms with Gasteiger partial charge in [-0.3, -0.25) is 9.59 Å².